The van der Waals surface area contributed by atoms with Gasteiger partial charge in [0.2, 0.25) is 6.41 Å². The summed E-state index contributed by atoms with van der Waals surface area (Å²) in [6.45, 7) is 8.75. The first-order valence-corrected chi connectivity index (χ1v) is 10.2. The van der Waals surface area contributed by atoms with Crippen LogP contribution in [0.1, 0.15) is 56.4 Å². The van der Waals surface area contributed by atoms with Gasteiger partial charge in [0.25, 0.3) is 5.92 Å². The van der Waals surface area contributed by atoms with E-state index in [4.69, 9.17) is 4.79 Å². The number of rotatable bonds is 3. The first-order chi connectivity index (χ1) is 14.6. The van der Waals surface area contributed by atoms with Crippen molar-refractivity contribution in [2.24, 2.45) is 10.7 Å². The quantitative estimate of drug-likeness (QED) is 0.499. The molecule has 1 atom stereocenters. The van der Waals surface area contributed by atoms with Crippen LogP contribution in [0.3, 0.4) is 0 Å². The van der Waals surface area contributed by atoms with Crippen LogP contribution in [0.5, 0.6) is 0 Å². The van der Waals surface area contributed by atoms with Gasteiger partial charge in [-0.3, -0.25) is 9.79 Å². The number of aliphatic imine (C=N–C) groups is 1. The molecule has 1 aliphatic rings. The molecule has 0 radical (unpaired) electrons. The van der Waals surface area contributed by atoms with Gasteiger partial charge in [-0.2, -0.15) is 0 Å². The van der Waals surface area contributed by atoms with Crippen LogP contribution in [0.15, 0.2) is 47.5 Å². The molecule has 0 aliphatic heterocycles. The molecule has 3 rings (SSSR count). The Kier molecular flexibility index (Phi) is 9.25. The number of amides is 1. The molecule has 1 amide bonds. The Morgan fingerprint density at radius 3 is 2.26 bits per heavy atom. The van der Waals surface area contributed by atoms with E-state index in [1.807, 2.05) is 26.0 Å². The van der Waals surface area contributed by atoms with E-state index in [1.54, 1.807) is 43.6 Å². The third-order valence-electron chi connectivity index (χ3n) is 4.78. The number of fused-ring (bicyclic) bond motifs is 3. The number of nitrogens with two attached hydrogens (primary N) is 1. The number of carbonyl (C=O) groups excluding carboxylic acids is 1. The number of alkyl halides is 2. The Morgan fingerprint density at radius 2 is 1.77 bits per heavy atom. The van der Waals surface area contributed by atoms with E-state index >= 15 is 0 Å². The maximum Gasteiger partial charge on any atom is 0.281 e. The number of halogens is 2. The van der Waals surface area contributed by atoms with Crippen molar-refractivity contribution in [1.82, 2.24) is 0 Å². The molecule has 0 saturated heterocycles. The Balaban J connectivity index is 0.000000720. The van der Waals surface area contributed by atoms with Gasteiger partial charge in [-0.15, -0.1) is 0 Å². The summed E-state index contributed by atoms with van der Waals surface area (Å²) in [6, 6.07) is 10.5. The second-order valence-electron chi connectivity index (χ2n) is 7.35. The summed E-state index contributed by atoms with van der Waals surface area (Å²) in [6.07, 6.45) is 5.10. The maximum absolute atomic E-state index is 14.6. The van der Waals surface area contributed by atoms with Crippen LogP contribution in [-0.4, -0.2) is 30.7 Å². The number of hydrogen-bond donors (Lipinski definition) is 2. The molecule has 0 saturated carbocycles. The number of allylic oxidation sites excluding steroid dienone is 2. The first kappa shape index (κ1) is 26.2. The number of hydrogen-bond acceptors (Lipinski definition) is 3. The lowest BCUT2D eigenvalue weighted by Gasteiger charge is -2.32. The van der Waals surface area contributed by atoms with Crippen molar-refractivity contribution in [3.05, 3.63) is 64.7 Å². The Bertz CT molecular complexity index is 962. The highest BCUT2D eigenvalue weighted by Gasteiger charge is 2.57. The molecule has 2 aromatic carbocycles. The molecule has 0 fully saturated rings. The Labute approximate surface area is 183 Å². The standard InChI is InChI=1S/C21H21F2NO.C3H8.CH3NO/c1-5-14(12-24-4)16-10-13(2)11-18-19(16)15-8-6-7-9-17(15)21(18,25)20(3,22)23;1-3-2;2-1-3/h5-12,25H,1-4H3;3H2,1-2H3;1H,(H2,2,3)/b14-5+,24-12?;;. The van der Waals surface area contributed by atoms with Gasteiger partial charge in [0.05, 0.1) is 0 Å². The number of carbonyl (C=O) groups is 1. The van der Waals surface area contributed by atoms with Gasteiger partial charge >= 0.3 is 0 Å². The van der Waals surface area contributed by atoms with Crippen LogP contribution in [0.2, 0.25) is 0 Å². The van der Waals surface area contributed by atoms with E-state index in [0.29, 0.717) is 11.1 Å². The summed E-state index contributed by atoms with van der Waals surface area (Å²) in [5.41, 5.74) is 6.05. The van der Waals surface area contributed by atoms with Crippen molar-refractivity contribution in [2.45, 2.75) is 52.6 Å². The second-order valence-corrected chi connectivity index (χ2v) is 7.35. The number of nitrogens with zero attached hydrogens (tertiary/aromatic N) is 1. The SMILES string of the molecule is C/C=C(\C=NC)c1cc(C)cc2c1-c1ccccc1C2(O)C(C)(F)F.CCC.NC=O. The van der Waals surface area contributed by atoms with Gasteiger partial charge in [-0.05, 0) is 36.1 Å². The lowest BCUT2D eigenvalue weighted by molar-refractivity contribution is -0.148. The van der Waals surface area contributed by atoms with Gasteiger partial charge in [-0.1, -0.05) is 68.3 Å². The number of aliphatic hydroxyl groups is 1. The van der Waals surface area contributed by atoms with Gasteiger partial charge in [0.15, 0.2) is 5.60 Å². The number of aryl methyl sites for hydroxylation is 1. The van der Waals surface area contributed by atoms with E-state index < -0.39 is 11.5 Å². The third-order valence-corrected chi connectivity index (χ3v) is 4.78. The zero-order valence-corrected chi connectivity index (χ0v) is 19.0. The topological polar surface area (TPSA) is 75.7 Å². The lowest BCUT2D eigenvalue weighted by atomic mass is 9.84. The smallest absolute Gasteiger partial charge is 0.281 e. The van der Waals surface area contributed by atoms with Crippen molar-refractivity contribution in [3.8, 4) is 11.1 Å². The molecule has 4 nitrogen and oxygen atoms in total. The highest BCUT2D eigenvalue weighted by molar-refractivity contribution is 6.13. The molecular weight excluding hydrogens is 398 g/mol. The summed E-state index contributed by atoms with van der Waals surface area (Å²) in [5.74, 6) is -3.33. The average Bonchev–Trinajstić information content (AvgIpc) is 2.97. The van der Waals surface area contributed by atoms with Crippen LogP contribution >= 0.6 is 0 Å². The van der Waals surface area contributed by atoms with Crippen LogP contribution < -0.4 is 5.73 Å². The van der Waals surface area contributed by atoms with Crippen LogP contribution in [-0.2, 0) is 10.4 Å². The fourth-order valence-corrected chi connectivity index (χ4v) is 3.66. The molecule has 31 heavy (non-hydrogen) atoms. The molecule has 3 N–H and O–H groups in total. The van der Waals surface area contributed by atoms with E-state index in [0.717, 1.165) is 23.6 Å². The highest BCUT2D eigenvalue weighted by atomic mass is 19.3. The average molecular weight is 431 g/mol. The molecule has 168 valence electrons. The highest BCUT2D eigenvalue weighted by Crippen LogP contribution is 2.56. The minimum Gasteiger partial charge on any atom is -0.374 e. The van der Waals surface area contributed by atoms with E-state index in [2.05, 4.69) is 24.6 Å². The predicted molar refractivity (Wildman–Crippen MR) is 125 cm³/mol. The van der Waals surface area contributed by atoms with Gasteiger partial charge < -0.3 is 10.8 Å². The fraction of sp³-hybridized carbons (Fsp3) is 0.360. The molecule has 2 aromatic rings. The molecule has 1 unspecified atom stereocenters. The zero-order chi connectivity index (χ0) is 23.8. The number of benzene rings is 2. The minimum atomic E-state index is -3.33. The summed E-state index contributed by atoms with van der Waals surface area (Å²) in [7, 11) is 1.67. The van der Waals surface area contributed by atoms with Crippen LogP contribution in [0, 0.1) is 6.92 Å². The monoisotopic (exact) mass is 430 g/mol. The lowest BCUT2D eigenvalue weighted by Crippen LogP contribution is -2.42. The van der Waals surface area contributed by atoms with Crippen molar-refractivity contribution in [1.29, 1.82) is 0 Å². The minimum absolute atomic E-state index is 0.244. The molecule has 0 heterocycles. The largest absolute Gasteiger partial charge is 0.374 e. The predicted octanol–water partition coefficient (Wildman–Crippen LogP) is 5.49. The van der Waals surface area contributed by atoms with Gasteiger partial charge in [0.1, 0.15) is 0 Å². The van der Waals surface area contributed by atoms with Crippen LogP contribution in [0.4, 0.5) is 8.78 Å². The Hall–Kier alpha value is -2.86. The van der Waals surface area contributed by atoms with Gasteiger partial charge in [0, 0.05) is 31.3 Å². The molecule has 6 heteroatoms. The van der Waals surface area contributed by atoms with Crippen molar-refractivity contribution < 1.29 is 18.7 Å². The summed E-state index contributed by atoms with van der Waals surface area (Å²) in [5, 5.41) is 11.2. The second kappa shape index (κ2) is 11.0. The Morgan fingerprint density at radius 1 is 1.23 bits per heavy atom. The molecule has 0 aromatic heterocycles. The first-order valence-electron chi connectivity index (χ1n) is 10.2. The number of primary amides is 1. The summed E-state index contributed by atoms with van der Waals surface area (Å²) in [4.78, 5) is 12.7. The molecule has 1 aliphatic carbocycles. The normalized spacial score (nSPS) is 17.1. The van der Waals surface area contributed by atoms with Crippen molar-refractivity contribution in [3.63, 3.8) is 0 Å². The van der Waals surface area contributed by atoms with E-state index in [-0.39, 0.29) is 17.5 Å². The fourth-order valence-electron chi connectivity index (χ4n) is 3.66. The van der Waals surface area contributed by atoms with Crippen molar-refractivity contribution >= 4 is 18.2 Å². The maximum atomic E-state index is 14.6. The zero-order valence-electron chi connectivity index (χ0n) is 19.0. The summed E-state index contributed by atoms with van der Waals surface area (Å²) >= 11 is 0. The molecule has 0 bridgehead atoms. The van der Waals surface area contributed by atoms with Crippen molar-refractivity contribution in [2.75, 3.05) is 7.05 Å². The van der Waals surface area contributed by atoms with Crippen LogP contribution in [0.25, 0.3) is 16.7 Å². The molecule has 0 spiro atoms. The van der Waals surface area contributed by atoms with E-state index in [1.165, 1.54) is 6.42 Å². The molecular formula is C25H32F2N2O2. The van der Waals surface area contributed by atoms with Gasteiger partial charge in [-0.25, -0.2) is 8.78 Å². The van der Waals surface area contributed by atoms with E-state index in [9.17, 15) is 13.9 Å². The third kappa shape index (κ3) is 5.07. The summed E-state index contributed by atoms with van der Waals surface area (Å²) < 4.78 is 29.1.